The topological polar surface area (TPSA) is 59.3 Å². The van der Waals surface area contributed by atoms with Crippen LogP contribution in [0.2, 0.25) is 5.02 Å². The molecule has 0 fully saturated rings. The second-order valence-electron chi connectivity index (χ2n) is 4.12. The number of aryl methyl sites for hydroxylation is 1. The van der Waals surface area contributed by atoms with Crippen LogP contribution >= 0.6 is 11.6 Å². The van der Waals surface area contributed by atoms with Crippen molar-refractivity contribution in [2.45, 2.75) is 13.8 Å². The Kier molecular flexibility index (Phi) is 3.71. The number of nitrogens with one attached hydrogen (secondary N) is 1. The summed E-state index contributed by atoms with van der Waals surface area (Å²) in [6.07, 6.45) is 0. The van der Waals surface area contributed by atoms with Gasteiger partial charge in [0, 0.05) is 16.8 Å². The van der Waals surface area contributed by atoms with E-state index in [2.05, 4.69) is 5.32 Å². The third-order valence-electron chi connectivity index (χ3n) is 2.55. The zero-order valence-electron chi connectivity index (χ0n) is 10.5. The van der Waals surface area contributed by atoms with Gasteiger partial charge in [-0.25, -0.2) is 4.79 Å². The molecule has 1 heterocycles. The van der Waals surface area contributed by atoms with E-state index in [1.165, 1.54) is 6.92 Å². The lowest BCUT2D eigenvalue weighted by atomic mass is 10.1. The average Bonchev–Trinajstić information content (AvgIpc) is 2.30. The Morgan fingerprint density at radius 2 is 1.89 bits per heavy atom. The Bertz CT molecular complexity index is 674. The van der Waals surface area contributed by atoms with E-state index >= 15 is 0 Å². The molecule has 0 bridgehead atoms. The molecule has 0 spiro atoms. The van der Waals surface area contributed by atoms with E-state index in [0.717, 1.165) is 5.69 Å². The maximum atomic E-state index is 11.7. The number of hydrogen-bond donors (Lipinski definition) is 1. The molecule has 0 aliphatic heterocycles. The van der Waals surface area contributed by atoms with Crippen LogP contribution in [0.5, 0.6) is 0 Å². The second kappa shape index (κ2) is 5.28. The molecule has 2 aromatic rings. The number of carbonyl (C=O) groups is 1. The normalized spacial score (nSPS) is 10.3. The van der Waals surface area contributed by atoms with Crippen molar-refractivity contribution in [1.29, 1.82) is 0 Å². The molecular formula is C14H12ClNO3. The quantitative estimate of drug-likeness (QED) is 0.872. The largest absolute Gasteiger partial charge is 0.428 e. The van der Waals surface area contributed by atoms with Crippen molar-refractivity contribution < 1.29 is 9.21 Å². The molecule has 0 unspecified atom stereocenters. The van der Waals surface area contributed by atoms with Crippen molar-refractivity contribution >= 4 is 28.8 Å². The lowest BCUT2D eigenvalue weighted by Gasteiger charge is -2.10. The van der Waals surface area contributed by atoms with Crippen molar-refractivity contribution in [2.75, 3.05) is 5.32 Å². The maximum absolute atomic E-state index is 11.7. The fourth-order valence-electron chi connectivity index (χ4n) is 1.73. The first-order valence-corrected chi connectivity index (χ1v) is 6.03. The lowest BCUT2D eigenvalue weighted by molar-refractivity contribution is 0.101. The van der Waals surface area contributed by atoms with Gasteiger partial charge in [-0.3, -0.25) is 4.79 Å². The number of carbonyl (C=O) groups excluding carboxylic acids is 1. The summed E-state index contributed by atoms with van der Waals surface area (Å²) in [7, 11) is 0. The van der Waals surface area contributed by atoms with Gasteiger partial charge < -0.3 is 9.73 Å². The molecule has 2 rings (SSSR count). The first-order chi connectivity index (χ1) is 8.97. The van der Waals surface area contributed by atoms with Crippen LogP contribution in [0.25, 0.3) is 0 Å². The fraction of sp³-hybridized carbons (Fsp3) is 0.143. The van der Waals surface area contributed by atoms with Gasteiger partial charge in [0.05, 0.1) is 5.69 Å². The Morgan fingerprint density at radius 1 is 1.26 bits per heavy atom. The fourth-order valence-corrected chi connectivity index (χ4v) is 1.86. The molecule has 0 saturated carbocycles. The molecule has 98 valence electrons. The Hall–Kier alpha value is -2.07. The van der Waals surface area contributed by atoms with Crippen molar-refractivity contribution in [2.24, 2.45) is 0 Å². The minimum Gasteiger partial charge on any atom is -0.428 e. The summed E-state index contributed by atoms with van der Waals surface area (Å²) in [6, 6.07) is 8.57. The minimum absolute atomic E-state index is 0.0144. The molecule has 5 heteroatoms. The highest BCUT2D eigenvalue weighted by Gasteiger charge is 2.14. The highest BCUT2D eigenvalue weighted by molar-refractivity contribution is 6.30. The number of ketones is 1. The van der Waals surface area contributed by atoms with Crippen molar-refractivity contribution in [1.82, 2.24) is 0 Å². The third-order valence-corrected chi connectivity index (χ3v) is 2.80. The van der Waals surface area contributed by atoms with Crippen molar-refractivity contribution in [3.8, 4) is 0 Å². The van der Waals surface area contributed by atoms with E-state index in [9.17, 15) is 9.59 Å². The third kappa shape index (κ3) is 3.03. The van der Waals surface area contributed by atoms with Crippen molar-refractivity contribution in [3.63, 3.8) is 0 Å². The van der Waals surface area contributed by atoms with Gasteiger partial charge >= 0.3 is 5.63 Å². The van der Waals surface area contributed by atoms with E-state index in [1.807, 2.05) is 0 Å². The molecule has 0 amide bonds. The van der Waals surface area contributed by atoms with E-state index in [1.54, 1.807) is 37.3 Å². The molecule has 0 radical (unpaired) electrons. The molecule has 1 N–H and O–H groups in total. The predicted molar refractivity (Wildman–Crippen MR) is 74.5 cm³/mol. The van der Waals surface area contributed by atoms with Gasteiger partial charge in [-0.2, -0.15) is 0 Å². The first-order valence-electron chi connectivity index (χ1n) is 5.65. The Morgan fingerprint density at radius 3 is 2.47 bits per heavy atom. The van der Waals surface area contributed by atoms with Gasteiger partial charge in [-0.15, -0.1) is 0 Å². The van der Waals surface area contributed by atoms with Gasteiger partial charge in [-0.1, -0.05) is 11.6 Å². The summed E-state index contributed by atoms with van der Waals surface area (Å²) in [4.78, 5) is 23.2. The van der Waals surface area contributed by atoms with E-state index in [4.69, 9.17) is 16.0 Å². The molecule has 0 atom stereocenters. The lowest BCUT2D eigenvalue weighted by Crippen LogP contribution is -2.15. The molecule has 0 saturated heterocycles. The second-order valence-corrected chi connectivity index (χ2v) is 4.56. The summed E-state index contributed by atoms with van der Waals surface area (Å²) in [5.41, 5.74) is 0.546. The molecule has 0 aliphatic rings. The van der Waals surface area contributed by atoms with E-state index in [-0.39, 0.29) is 11.3 Å². The smallest absolute Gasteiger partial charge is 0.348 e. The average molecular weight is 278 g/mol. The van der Waals surface area contributed by atoms with Crippen LogP contribution in [0.4, 0.5) is 11.4 Å². The van der Waals surface area contributed by atoms with Crippen molar-refractivity contribution in [3.05, 3.63) is 57.1 Å². The van der Waals surface area contributed by atoms with Crippen LogP contribution in [0.15, 0.2) is 39.5 Å². The maximum Gasteiger partial charge on any atom is 0.348 e. The van der Waals surface area contributed by atoms with E-state index in [0.29, 0.717) is 16.5 Å². The Balaban J connectivity index is 2.47. The molecule has 4 nitrogen and oxygen atoms in total. The van der Waals surface area contributed by atoms with Gasteiger partial charge in [0.15, 0.2) is 5.78 Å². The summed E-state index contributed by atoms with van der Waals surface area (Å²) in [5.74, 6) is 0.0941. The van der Waals surface area contributed by atoms with Gasteiger partial charge in [0.1, 0.15) is 11.3 Å². The first kappa shape index (κ1) is 13.4. The predicted octanol–water partition coefficient (Wildman–Crippen LogP) is 3.55. The van der Waals surface area contributed by atoms with Crippen LogP contribution in [0.3, 0.4) is 0 Å². The van der Waals surface area contributed by atoms with Gasteiger partial charge in [0.2, 0.25) is 0 Å². The Labute approximate surface area is 115 Å². The number of anilines is 2. The number of benzene rings is 1. The zero-order chi connectivity index (χ0) is 14.0. The van der Waals surface area contributed by atoms with Gasteiger partial charge in [0.25, 0.3) is 0 Å². The standard InChI is InChI=1S/C14H12ClNO3/c1-8-7-12(13(9(2)17)14(18)19-8)16-11-5-3-10(15)4-6-11/h3-7,16H,1-2H3. The van der Waals surface area contributed by atoms with Crippen LogP contribution in [-0.2, 0) is 0 Å². The van der Waals surface area contributed by atoms with Crippen LogP contribution in [-0.4, -0.2) is 5.78 Å². The number of Topliss-reactive ketones (excluding diaryl/α,β-unsaturated/α-hetero) is 1. The molecule has 1 aromatic heterocycles. The highest BCUT2D eigenvalue weighted by atomic mass is 35.5. The van der Waals surface area contributed by atoms with Crippen LogP contribution in [0, 0.1) is 6.92 Å². The zero-order valence-corrected chi connectivity index (χ0v) is 11.2. The summed E-state index contributed by atoms with van der Waals surface area (Å²) in [6.45, 7) is 2.98. The molecular weight excluding hydrogens is 266 g/mol. The molecule has 1 aromatic carbocycles. The van der Waals surface area contributed by atoms with E-state index < -0.39 is 5.63 Å². The van der Waals surface area contributed by atoms with Crippen LogP contribution in [0.1, 0.15) is 23.0 Å². The highest BCUT2D eigenvalue weighted by Crippen LogP contribution is 2.21. The monoisotopic (exact) mass is 277 g/mol. The summed E-state index contributed by atoms with van der Waals surface area (Å²) < 4.78 is 4.93. The number of rotatable bonds is 3. The van der Waals surface area contributed by atoms with Crippen LogP contribution < -0.4 is 10.9 Å². The summed E-state index contributed by atoms with van der Waals surface area (Å²) in [5, 5.41) is 3.64. The number of hydrogen-bond acceptors (Lipinski definition) is 4. The molecule has 19 heavy (non-hydrogen) atoms. The molecule has 0 aliphatic carbocycles. The SMILES string of the molecule is CC(=O)c1c(Nc2ccc(Cl)cc2)cc(C)oc1=O. The van der Waals surface area contributed by atoms with Gasteiger partial charge in [-0.05, 0) is 38.1 Å². The minimum atomic E-state index is -0.635. The number of halogens is 1. The summed E-state index contributed by atoms with van der Waals surface area (Å²) >= 11 is 5.80.